The Morgan fingerprint density at radius 1 is 1.54 bits per heavy atom. The maximum Gasteiger partial charge on any atom is 0.167 e. The van der Waals surface area contributed by atoms with Crippen molar-refractivity contribution in [1.82, 2.24) is 0 Å². The van der Waals surface area contributed by atoms with E-state index in [2.05, 4.69) is 15.9 Å². The van der Waals surface area contributed by atoms with Crippen LogP contribution in [0.5, 0.6) is 5.75 Å². The first-order valence-electron chi connectivity index (χ1n) is 3.73. The van der Waals surface area contributed by atoms with Crippen LogP contribution >= 0.6 is 27.5 Å². The zero-order chi connectivity index (χ0) is 9.84. The van der Waals surface area contributed by atoms with Gasteiger partial charge in [0.2, 0.25) is 0 Å². The molecule has 70 valence electrons. The van der Waals surface area contributed by atoms with Crippen LogP contribution in [-0.2, 0) is 0 Å². The van der Waals surface area contributed by atoms with Gasteiger partial charge in [-0.1, -0.05) is 6.07 Å². The van der Waals surface area contributed by atoms with Gasteiger partial charge in [0.1, 0.15) is 5.75 Å². The van der Waals surface area contributed by atoms with Crippen molar-refractivity contribution in [2.75, 3.05) is 5.88 Å². The zero-order valence-corrected chi connectivity index (χ0v) is 9.10. The van der Waals surface area contributed by atoms with Gasteiger partial charge in [-0.3, -0.25) is 4.79 Å². The summed E-state index contributed by atoms with van der Waals surface area (Å²) in [7, 11) is 0. The van der Waals surface area contributed by atoms with Gasteiger partial charge in [0.25, 0.3) is 0 Å². The number of rotatable bonds is 3. The maximum atomic E-state index is 11.4. The smallest absolute Gasteiger partial charge is 0.167 e. The number of para-hydroxylation sites is 1. The molecule has 0 unspecified atom stereocenters. The van der Waals surface area contributed by atoms with E-state index in [1.165, 1.54) is 0 Å². The Hall–Kier alpha value is -0.540. The number of aromatic hydroxyl groups is 1. The second kappa shape index (κ2) is 4.63. The number of benzene rings is 1. The molecular weight excluding hydrogens is 255 g/mol. The van der Waals surface area contributed by atoms with Crippen molar-refractivity contribution in [2.24, 2.45) is 0 Å². The molecule has 0 fully saturated rings. The minimum atomic E-state index is -0.145. The number of ketones is 1. The van der Waals surface area contributed by atoms with Gasteiger partial charge in [-0.2, -0.15) is 0 Å². The summed E-state index contributed by atoms with van der Waals surface area (Å²) < 4.78 is 0.521. The fourth-order valence-corrected chi connectivity index (χ4v) is 1.50. The first-order valence-corrected chi connectivity index (χ1v) is 5.06. The minimum absolute atomic E-state index is 0.0161. The van der Waals surface area contributed by atoms with Gasteiger partial charge in [0.15, 0.2) is 5.78 Å². The molecule has 1 N–H and O–H groups in total. The summed E-state index contributed by atoms with van der Waals surface area (Å²) in [6.07, 6.45) is 0.242. The fraction of sp³-hybridized carbons (Fsp3) is 0.222. The van der Waals surface area contributed by atoms with E-state index in [0.29, 0.717) is 10.0 Å². The van der Waals surface area contributed by atoms with Crippen molar-refractivity contribution in [3.05, 3.63) is 28.2 Å². The summed E-state index contributed by atoms with van der Waals surface area (Å²) in [6.45, 7) is 0. The number of hydrogen-bond acceptors (Lipinski definition) is 2. The maximum absolute atomic E-state index is 11.4. The third-order valence-electron chi connectivity index (χ3n) is 1.61. The average Bonchev–Trinajstić information content (AvgIpc) is 2.10. The molecule has 0 aliphatic heterocycles. The number of hydrogen-bond donors (Lipinski definition) is 1. The number of carbonyl (C=O) groups is 1. The molecule has 2 nitrogen and oxygen atoms in total. The van der Waals surface area contributed by atoms with E-state index in [-0.39, 0.29) is 23.8 Å². The Balaban J connectivity index is 3.01. The molecule has 0 saturated heterocycles. The summed E-state index contributed by atoms with van der Waals surface area (Å²) in [5, 5.41) is 9.48. The van der Waals surface area contributed by atoms with Crippen molar-refractivity contribution in [2.45, 2.75) is 6.42 Å². The summed E-state index contributed by atoms with van der Waals surface area (Å²) in [4.78, 5) is 11.4. The number of carbonyl (C=O) groups excluding carboxylic acids is 1. The lowest BCUT2D eigenvalue weighted by molar-refractivity contribution is 0.0986. The number of Topliss-reactive ketones (excluding diaryl/α,β-unsaturated/α-hetero) is 1. The Kier molecular flexibility index (Phi) is 3.75. The van der Waals surface area contributed by atoms with Crippen LogP contribution in [0, 0.1) is 0 Å². The van der Waals surface area contributed by atoms with Crippen LogP contribution in [0.25, 0.3) is 0 Å². The molecule has 0 heterocycles. The SMILES string of the molecule is O=C(CCCl)c1cccc(Br)c1O. The number of phenols is 1. The molecule has 13 heavy (non-hydrogen) atoms. The van der Waals surface area contributed by atoms with E-state index >= 15 is 0 Å². The molecular formula is C9H8BrClO2. The van der Waals surface area contributed by atoms with Crippen molar-refractivity contribution < 1.29 is 9.90 Å². The van der Waals surface area contributed by atoms with Crippen molar-refractivity contribution in [3.63, 3.8) is 0 Å². The van der Waals surface area contributed by atoms with Gasteiger partial charge in [-0.25, -0.2) is 0 Å². The van der Waals surface area contributed by atoms with Gasteiger partial charge in [-0.05, 0) is 28.1 Å². The molecule has 0 aliphatic carbocycles. The highest BCUT2D eigenvalue weighted by Gasteiger charge is 2.11. The third kappa shape index (κ3) is 2.45. The van der Waals surface area contributed by atoms with Crippen LogP contribution in [0.3, 0.4) is 0 Å². The summed E-state index contributed by atoms with van der Waals surface area (Å²) in [6, 6.07) is 4.95. The van der Waals surface area contributed by atoms with Gasteiger partial charge >= 0.3 is 0 Å². The molecule has 1 aromatic carbocycles. The predicted octanol–water partition coefficient (Wildman–Crippen LogP) is 2.97. The lowest BCUT2D eigenvalue weighted by Crippen LogP contribution is -1.99. The first kappa shape index (κ1) is 10.5. The highest BCUT2D eigenvalue weighted by molar-refractivity contribution is 9.10. The van der Waals surface area contributed by atoms with Crippen molar-refractivity contribution in [1.29, 1.82) is 0 Å². The van der Waals surface area contributed by atoms with Crippen LogP contribution in [0.2, 0.25) is 0 Å². The summed E-state index contributed by atoms with van der Waals surface area (Å²) >= 11 is 8.55. The van der Waals surface area contributed by atoms with Gasteiger partial charge in [0.05, 0.1) is 10.0 Å². The van der Waals surface area contributed by atoms with Gasteiger partial charge in [-0.15, -0.1) is 11.6 Å². The summed E-state index contributed by atoms with van der Waals surface area (Å²) in [5.41, 5.74) is 0.315. The van der Waals surface area contributed by atoms with E-state index in [1.807, 2.05) is 0 Å². The average molecular weight is 264 g/mol. The van der Waals surface area contributed by atoms with Crippen LogP contribution in [-0.4, -0.2) is 16.8 Å². The molecule has 0 radical (unpaired) electrons. The van der Waals surface area contributed by atoms with Crippen LogP contribution in [0.15, 0.2) is 22.7 Å². The monoisotopic (exact) mass is 262 g/mol. The van der Waals surface area contributed by atoms with Crippen molar-refractivity contribution in [3.8, 4) is 5.75 Å². The molecule has 0 atom stereocenters. The Morgan fingerprint density at radius 3 is 2.85 bits per heavy atom. The third-order valence-corrected chi connectivity index (χ3v) is 2.44. The highest BCUT2D eigenvalue weighted by atomic mass is 79.9. The number of halogens is 2. The number of phenolic OH excluding ortho intramolecular Hbond substituents is 1. The molecule has 0 amide bonds. The summed E-state index contributed by atoms with van der Waals surface area (Å²) in [5.74, 6) is 0.108. The molecule has 0 bridgehead atoms. The predicted molar refractivity (Wildman–Crippen MR) is 55.5 cm³/mol. The van der Waals surface area contributed by atoms with Gasteiger partial charge in [0, 0.05) is 12.3 Å². The van der Waals surface area contributed by atoms with E-state index in [4.69, 9.17) is 11.6 Å². The van der Waals surface area contributed by atoms with E-state index < -0.39 is 0 Å². The largest absolute Gasteiger partial charge is 0.506 e. The normalized spacial score (nSPS) is 10.0. The molecule has 0 saturated carbocycles. The first-order chi connectivity index (χ1) is 6.16. The molecule has 1 aromatic rings. The molecule has 0 aromatic heterocycles. The van der Waals surface area contributed by atoms with E-state index in [1.54, 1.807) is 18.2 Å². The zero-order valence-electron chi connectivity index (χ0n) is 6.76. The lowest BCUT2D eigenvalue weighted by atomic mass is 10.1. The second-order valence-corrected chi connectivity index (χ2v) is 3.73. The molecule has 0 aliphatic rings. The van der Waals surface area contributed by atoms with Crippen LogP contribution < -0.4 is 0 Å². The topological polar surface area (TPSA) is 37.3 Å². The Morgan fingerprint density at radius 2 is 2.23 bits per heavy atom. The minimum Gasteiger partial charge on any atom is -0.506 e. The number of alkyl halides is 1. The Bertz CT molecular complexity index is 325. The quantitative estimate of drug-likeness (QED) is 0.672. The Labute approximate surface area is 89.7 Å². The van der Waals surface area contributed by atoms with Crippen LogP contribution in [0.1, 0.15) is 16.8 Å². The standard InChI is InChI=1S/C9H8BrClO2/c10-7-3-1-2-6(9(7)13)8(12)4-5-11/h1-3,13H,4-5H2. The molecule has 4 heteroatoms. The van der Waals surface area contributed by atoms with Crippen LogP contribution in [0.4, 0.5) is 0 Å². The molecule has 1 rings (SSSR count). The van der Waals surface area contributed by atoms with E-state index in [9.17, 15) is 9.90 Å². The molecule has 0 spiro atoms. The second-order valence-electron chi connectivity index (χ2n) is 2.50. The lowest BCUT2D eigenvalue weighted by Gasteiger charge is -2.03. The highest BCUT2D eigenvalue weighted by Crippen LogP contribution is 2.28. The van der Waals surface area contributed by atoms with Gasteiger partial charge < -0.3 is 5.11 Å². The van der Waals surface area contributed by atoms with E-state index in [0.717, 1.165) is 0 Å². The van der Waals surface area contributed by atoms with Crippen molar-refractivity contribution >= 4 is 33.3 Å². The fourth-order valence-electron chi connectivity index (χ4n) is 0.961.